The molecule has 1 amide bonds. The molecule has 0 aromatic carbocycles. The average Bonchev–Trinajstić information content (AvgIpc) is 2.88. The molecule has 0 spiro atoms. The monoisotopic (exact) mass is 236 g/mol. The van der Waals surface area contributed by atoms with Crippen molar-refractivity contribution in [2.45, 2.75) is 13.5 Å². The number of aromatic amines is 1. The van der Waals surface area contributed by atoms with E-state index < -0.39 is 0 Å². The lowest BCUT2D eigenvalue weighted by atomic mass is 10.3. The molecule has 0 unspecified atom stereocenters. The summed E-state index contributed by atoms with van der Waals surface area (Å²) in [6.07, 6.45) is 0. The average molecular weight is 236 g/mol. The largest absolute Gasteiger partial charge is 0.395 e. The van der Waals surface area contributed by atoms with Gasteiger partial charge in [0.25, 0.3) is 5.91 Å². The molecular weight excluding hydrogens is 224 g/mol. The first-order chi connectivity index (χ1) is 7.68. The number of aromatic nitrogens is 2. The topological polar surface area (TPSA) is 83.8 Å². The zero-order chi connectivity index (χ0) is 11.5. The number of carbonyl (C=O) groups excluding carboxylic acids is 1. The van der Waals surface area contributed by atoms with Gasteiger partial charge in [-0.05, 0) is 29.3 Å². The first-order valence-electron chi connectivity index (χ1n) is 4.78. The lowest BCUT2D eigenvalue weighted by molar-refractivity contribution is 0.0947. The molecule has 84 valence electrons. The highest BCUT2D eigenvalue weighted by molar-refractivity contribution is 7.07. The number of anilines is 1. The van der Waals surface area contributed by atoms with Crippen molar-refractivity contribution in [2.24, 2.45) is 0 Å². The Labute approximate surface area is 96.7 Å². The molecule has 0 aliphatic carbocycles. The minimum absolute atomic E-state index is 0.256. The molecule has 2 rings (SSSR count). The van der Waals surface area contributed by atoms with Gasteiger partial charge in [-0.25, -0.2) is 0 Å². The van der Waals surface area contributed by atoms with Crippen molar-refractivity contribution < 1.29 is 4.79 Å². The van der Waals surface area contributed by atoms with Crippen molar-refractivity contribution in [1.82, 2.24) is 15.5 Å². The summed E-state index contributed by atoms with van der Waals surface area (Å²) in [5, 5.41) is 13.2. The molecule has 0 bridgehead atoms. The number of nitrogens with zero attached hydrogens (tertiary/aromatic N) is 1. The molecular formula is C10H12N4OS. The summed E-state index contributed by atoms with van der Waals surface area (Å²) in [6, 6.07) is 1.96. The Morgan fingerprint density at radius 1 is 1.69 bits per heavy atom. The fourth-order valence-electron chi connectivity index (χ4n) is 1.27. The highest BCUT2D eigenvalue weighted by Gasteiger charge is 2.14. The summed E-state index contributed by atoms with van der Waals surface area (Å²) < 4.78 is 0. The van der Waals surface area contributed by atoms with E-state index >= 15 is 0 Å². The second-order valence-electron chi connectivity index (χ2n) is 3.43. The Kier molecular flexibility index (Phi) is 2.91. The van der Waals surface area contributed by atoms with Crippen LogP contribution in [0.25, 0.3) is 0 Å². The highest BCUT2D eigenvalue weighted by atomic mass is 32.1. The SMILES string of the molecule is Cc1[nH]nc(C(=O)NCc2ccsc2)c1N. The molecule has 5 nitrogen and oxygen atoms in total. The fraction of sp³-hybridized carbons (Fsp3) is 0.200. The van der Waals surface area contributed by atoms with Crippen LogP contribution >= 0.6 is 11.3 Å². The van der Waals surface area contributed by atoms with E-state index in [0.717, 1.165) is 5.56 Å². The van der Waals surface area contributed by atoms with Crippen LogP contribution in [0.5, 0.6) is 0 Å². The van der Waals surface area contributed by atoms with E-state index in [1.54, 1.807) is 18.3 Å². The van der Waals surface area contributed by atoms with Crippen LogP contribution in [0.3, 0.4) is 0 Å². The van der Waals surface area contributed by atoms with Gasteiger partial charge in [0.05, 0.1) is 11.4 Å². The zero-order valence-electron chi connectivity index (χ0n) is 8.78. The van der Waals surface area contributed by atoms with E-state index in [0.29, 0.717) is 17.9 Å². The van der Waals surface area contributed by atoms with Gasteiger partial charge in [0.15, 0.2) is 5.69 Å². The van der Waals surface area contributed by atoms with E-state index in [1.807, 2.05) is 16.8 Å². The number of hydrogen-bond donors (Lipinski definition) is 3. The van der Waals surface area contributed by atoms with Crippen molar-refractivity contribution >= 4 is 22.9 Å². The molecule has 0 radical (unpaired) electrons. The number of aryl methyl sites for hydroxylation is 1. The summed E-state index contributed by atoms with van der Waals surface area (Å²) in [5.41, 5.74) is 8.14. The van der Waals surface area contributed by atoms with Crippen LogP contribution in [0, 0.1) is 6.92 Å². The molecule has 0 atom stereocenters. The van der Waals surface area contributed by atoms with E-state index in [4.69, 9.17) is 5.73 Å². The molecule has 0 aliphatic heterocycles. The van der Waals surface area contributed by atoms with Crippen molar-refractivity contribution in [3.8, 4) is 0 Å². The van der Waals surface area contributed by atoms with Gasteiger partial charge in [-0.3, -0.25) is 9.89 Å². The van der Waals surface area contributed by atoms with Crippen molar-refractivity contribution in [1.29, 1.82) is 0 Å². The smallest absolute Gasteiger partial charge is 0.274 e. The number of nitrogens with two attached hydrogens (primary N) is 1. The minimum Gasteiger partial charge on any atom is -0.395 e. The van der Waals surface area contributed by atoms with E-state index in [9.17, 15) is 4.79 Å². The molecule has 0 saturated heterocycles. The van der Waals surface area contributed by atoms with Gasteiger partial charge in [-0.2, -0.15) is 16.4 Å². The summed E-state index contributed by atoms with van der Waals surface area (Å²) in [6.45, 7) is 2.27. The van der Waals surface area contributed by atoms with E-state index in [2.05, 4.69) is 15.5 Å². The third kappa shape index (κ3) is 2.06. The molecule has 0 fully saturated rings. The van der Waals surface area contributed by atoms with Gasteiger partial charge in [-0.1, -0.05) is 0 Å². The van der Waals surface area contributed by atoms with Gasteiger partial charge in [0, 0.05) is 6.54 Å². The normalized spacial score (nSPS) is 10.3. The standard InChI is InChI=1S/C10H12N4OS/c1-6-8(11)9(14-13-6)10(15)12-4-7-2-3-16-5-7/h2-3,5H,4,11H2,1H3,(H,12,15)(H,13,14). The van der Waals surface area contributed by atoms with Gasteiger partial charge in [-0.15, -0.1) is 0 Å². The number of rotatable bonds is 3. The molecule has 0 aliphatic rings. The number of hydrogen-bond acceptors (Lipinski definition) is 4. The lowest BCUT2D eigenvalue weighted by Gasteiger charge is -2.01. The van der Waals surface area contributed by atoms with Gasteiger partial charge in [0.1, 0.15) is 0 Å². The lowest BCUT2D eigenvalue weighted by Crippen LogP contribution is -2.23. The quantitative estimate of drug-likeness (QED) is 0.750. The second kappa shape index (κ2) is 4.36. The Balaban J connectivity index is 2.01. The molecule has 0 saturated carbocycles. The van der Waals surface area contributed by atoms with Crippen molar-refractivity contribution in [3.63, 3.8) is 0 Å². The predicted molar refractivity (Wildman–Crippen MR) is 63.2 cm³/mol. The highest BCUT2D eigenvalue weighted by Crippen LogP contribution is 2.12. The third-order valence-electron chi connectivity index (χ3n) is 2.24. The van der Waals surface area contributed by atoms with Crippen LogP contribution in [0.2, 0.25) is 0 Å². The predicted octanol–water partition coefficient (Wildman–Crippen LogP) is 1.29. The Hall–Kier alpha value is -1.82. The first-order valence-corrected chi connectivity index (χ1v) is 5.72. The van der Waals surface area contributed by atoms with Crippen LogP contribution in [0.1, 0.15) is 21.7 Å². The molecule has 6 heteroatoms. The zero-order valence-corrected chi connectivity index (χ0v) is 9.60. The summed E-state index contributed by atoms with van der Waals surface area (Å²) in [5.74, 6) is -0.256. The van der Waals surface area contributed by atoms with Crippen LogP contribution in [0.4, 0.5) is 5.69 Å². The Morgan fingerprint density at radius 3 is 3.06 bits per heavy atom. The number of thiophene rings is 1. The number of H-pyrrole nitrogens is 1. The maximum atomic E-state index is 11.7. The molecule has 2 aromatic heterocycles. The summed E-state index contributed by atoms with van der Waals surface area (Å²) in [4.78, 5) is 11.7. The number of nitrogens with one attached hydrogen (secondary N) is 2. The van der Waals surface area contributed by atoms with Gasteiger partial charge >= 0.3 is 0 Å². The maximum absolute atomic E-state index is 11.7. The van der Waals surface area contributed by atoms with Gasteiger partial charge < -0.3 is 11.1 Å². The van der Waals surface area contributed by atoms with Crippen LogP contribution < -0.4 is 11.1 Å². The minimum atomic E-state index is -0.256. The van der Waals surface area contributed by atoms with Gasteiger partial charge in [0.2, 0.25) is 0 Å². The van der Waals surface area contributed by atoms with Crippen LogP contribution in [-0.2, 0) is 6.54 Å². The van der Waals surface area contributed by atoms with Crippen LogP contribution in [0.15, 0.2) is 16.8 Å². The third-order valence-corrected chi connectivity index (χ3v) is 2.97. The van der Waals surface area contributed by atoms with Crippen molar-refractivity contribution in [2.75, 3.05) is 5.73 Å². The van der Waals surface area contributed by atoms with Crippen LogP contribution in [-0.4, -0.2) is 16.1 Å². The van der Waals surface area contributed by atoms with E-state index in [-0.39, 0.29) is 11.6 Å². The maximum Gasteiger partial charge on any atom is 0.274 e. The summed E-state index contributed by atoms with van der Waals surface area (Å²) in [7, 11) is 0. The Morgan fingerprint density at radius 2 is 2.50 bits per heavy atom. The summed E-state index contributed by atoms with van der Waals surface area (Å²) >= 11 is 1.60. The second-order valence-corrected chi connectivity index (χ2v) is 4.21. The van der Waals surface area contributed by atoms with E-state index in [1.165, 1.54) is 0 Å². The Bertz CT molecular complexity index is 489. The number of carbonyl (C=O) groups is 1. The van der Waals surface area contributed by atoms with Crippen molar-refractivity contribution in [3.05, 3.63) is 33.8 Å². The molecule has 4 N–H and O–H groups in total. The number of amides is 1. The first kappa shape index (κ1) is 10.7. The molecule has 16 heavy (non-hydrogen) atoms. The number of nitrogen functional groups attached to an aromatic ring is 1. The fourth-order valence-corrected chi connectivity index (χ4v) is 1.94. The molecule has 2 heterocycles. The molecule has 2 aromatic rings.